The Balaban J connectivity index is 0.996. The first-order chi connectivity index (χ1) is 21.1. The Kier molecular flexibility index (Phi) is 10.1. The zero-order valence-electron chi connectivity index (χ0n) is 25.4. The summed E-state index contributed by atoms with van der Waals surface area (Å²) in [5, 5.41) is 3.03. The normalized spacial score (nSPS) is 26.5. The van der Waals surface area contributed by atoms with Crippen molar-refractivity contribution in [2.75, 3.05) is 32.8 Å². The molecule has 2 atom stereocenters. The van der Waals surface area contributed by atoms with Gasteiger partial charge in [0.25, 0.3) is 5.91 Å². The van der Waals surface area contributed by atoms with Crippen molar-refractivity contribution in [3.8, 4) is 0 Å². The van der Waals surface area contributed by atoms with E-state index in [2.05, 4.69) is 39.5 Å². The molecule has 1 saturated carbocycles. The molecule has 1 N–H and O–H groups in total. The van der Waals surface area contributed by atoms with Crippen molar-refractivity contribution in [2.24, 2.45) is 5.92 Å². The molecule has 4 saturated heterocycles. The van der Waals surface area contributed by atoms with Crippen LogP contribution in [0.15, 0.2) is 42.6 Å². The number of pyridine rings is 1. The fraction of sp³-hybridized carbons (Fsp3) is 0.629. The lowest BCUT2D eigenvalue weighted by molar-refractivity contribution is -0.169. The summed E-state index contributed by atoms with van der Waals surface area (Å²) < 4.78 is 17.7. The smallest absolute Gasteiger partial charge is 0.316 e. The molecule has 4 aliphatic heterocycles. The van der Waals surface area contributed by atoms with Gasteiger partial charge in [0.2, 0.25) is 0 Å². The lowest BCUT2D eigenvalue weighted by Gasteiger charge is -2.45. The Hall–Kier alpha value is -2.81. The van der Waals surface area contributed by atoms with E-state index in [1.165, 1.54) is 12.0 Å². The average Bonchev–Trinajstić information content (AvgIpc) is 3.07. The molecule has 232 valence electrons. The molecule has 1 aliphatic carbocycles. The molecule has 7 rings (SSSR count). The summed E-state index contributed by atoms with van der Waals surface area (Å²) in [6.07, 6.45) is 13.6. The topological polar surface area (TPSA) is 90.0 Å². The van der Waals surface area contributed by atoms with Crippen molar-refractivity contribution in [3.63, 3.8) is 0 Å². The van der Waals surface area contributed by atoms with Crippen LogP contribution in [-0.4, -0.2) is 66.9 Å². The number of fused-ring (bicyclic) bond motifs is 3. The van der Waals surface area contributed by atoms with E-state index in [1.807, 2.05) is 6.07 Å². The SMILES string of the molecule is O=C(NCCCc1cccc(C2(C(=O)OC3CN4CCC3CC4)CCCCC2)c1)c1ccc(COC2CCCCO2)nc1. The number of rotatable bonds is 11. The summed E-state index contributed by atoms with van der Waals surface area (Å²) in [6, 6.07) is 12.2. The molecule has 2 aromatic rings. The zero-order valence-corrected chi connectivity index (χ0v) is 25.4. The van der Waals surface area contributed by atoms with Crippen molar-refractivity contribution < 1.29 is 23.8 Å². The summed E-state index contributed by atoms with van der Waals surface area (Å²) in [5.41, 5.74) is 3.09. The molecule has 5 heterocycles. The third-order valence-corrected chi connectivity index (χ3v) is 10.0. The Labute approximate surface area is 255 Å². The molecule has 0 spiro atoms. The van der Waals surface area contributed by atoms with E-state index in [0.717, 1.165) is 108 Å². The second kappa shape index (κ2) is 14.3. The summed E-state index contributed by atoms with van der Waals surface area (Å²) in [6.45, 7) is 4.87. The van der Waals surface area contributed by atoms with Crippen molar-refractivity contribution in [1.29, 1.82) is 0 Å². The number of nitrogens with zero attached hydrogens (tertiary/aromatic N) is 2. The van der Waals surface area contributed by atoms with Crippen LogP contribution in [0.3, 0.4) is 0 Å². The molecular formula is C35H47N3O5. The predicted octanol–water partition coefficient (Wildman–Crippen LogP) is 5.33. The average molecular weight is 590 g/mol. The number of hydrogen-bond acceptors (Lipinski definition) is 7. The molecule has 8 nitrogen and oxygen atoms in total. The molecular weight excluding hydrogens is 542 g/mol. The van der Waals surface area contributed by atoms with Crippen molar-refractivity contribution in [3.05, 3.63) is 65.0 Å². The van der Waals surface area contributed by atoms with Gasteiger partial charge in [-0.15, -0.1) is 0 Å². The van der Waals surface area contributed by atoms with Crippen LogP contribution in [0, 0.1) is 5.92 Å². The highest BCUT2D eigenvalue weighted by atomic mass is 16.7. The number of ether oxygens (including phenoxy) is 3. The molecule has 5 aliphatic rings. The van der Waals surface area contributed by atoms with Crippen molar-refractivity contribution in [2.45, 2.75) is 101 Å². The number of nitrogens with one attached hydrogen (secondary N) is 1. The van der Waals surface area contributed by atoms with Gasteiger partial charge >= 0.3 is 5.97 Å². The highest BCUT2D eigenvalue weighted by Gasteiger charge is 2.45. The first-order valence-electron chi connectivity index (χ1n) is 16.6. The minimum absolute atomic E-state index is 0.0103. The second-order valence-corrected chi connectivity index (χ2v) is 12.9. The van der Waals surface area contributed by atoms with Crippen LogP contribution < -0.4 is 5.32 Å². The number of hydrogen-bond donors (Lipinski definition) is 1. The molecule has 5 fully saturated rings. The van der Waals surface area contributed by atoms with Gasteiger partial charge in [0.05, 0.1) is 23.3 Å². The van der Waals surface area contributed by atoms with E-state index in [0.29, 0.717) is 24.6 Å². The number of amides is 1. The van der Waals surface area contributed by atoms with Gasteiger partial charge in [0.15, 0.2) is 6.29 Å². The lowest BCUT2D eigenvalue weighted by Crippen LogP contribution is -2.53. The molecule has 0 radical (unpaired) electrons. The first kappa shape index (κ1) is 30.2. The standard InChI is InChI=1S/C35H47N3O5/c39-33(28-12-13-30(37-23-28)25-42-32-11-2-5-21-41-32)36-18-7-9-26-8-6-10-29(22-26)35(16-3-1-4-17-35)34(40)43-31-24-38-19-14-27(31)15-20-38/h6,8,10,12-13,22-23,27,31-32H,1-5,7,9,11,14-21,24-25H2,(H,36,39). The number of esters is 1. The third-order valence-electron chi connectivity index (χ3n) is 10.0. The Morgan fingerprint density at radius 3 is 2.60 bits per heavy atom. The second-order valence-electron chi connectivity index (χ2n) is 12.9. The van der Waals surface area contributed by atoms with E-state index in [1.54, 1.807) is 12.3 Å². The molecule has 8 heteroatoms. The third kappa shape index (κ3) is 7.47. The van der Waals surface area contributed by atoms with Gasteiger partial charge in [-0.05, 0) is 100 Å². The molecule has 43 heavy (non-hydrogen) atoms. The van der Waals surface area contributed by atoms with Crippen LogP contribution in [0.4, 0.5) is 0 Å². The molecule has 1 amide bonds. The Bertz CT molecular complexity index is 1210. The van der Waals surface area contributed by atoms with E-state index in [4.69, 9.17) is 14.2 Å². The van der Waals surface area contributed by atoms with Crippen LogP contribution in [0.25, 0.3) is 0 Å². The number of aromatic nitrogens is 1. The first-order valence-corrected chi connectivity index (χ1v) is 16.6. The summed E-state index contributed by atoms with van der Waals surface area (Å²) in [7, 11) is 0. The quantitative estimate of drug-likeness (QED) is 0.280. The van der Waals surface area contributed by atoms with Gasteiger partial charge in [-0.2, -0.15) is 0 Å². The number of aryl methyl sites for hydroxylation is 1. The largest absolute Gasteiger partial charge is 0.460 e. The van der Waals surface area contributed by atoms with Crippen LogP contribution in [0.2, 0.25) is 0 Å². The minimum atomic E-state index is -0.540. The maximum Gasteiger partial charge on any atom is 0.316 e. The van der Waals surface area contributed by atoms with Gasteiger partial charge in [0, 0.05) is 25.9 Å². The fourth-order valence-electron chi connectivity index (χ4n) is 7.35. The van der Waals surface area contributed by atoms with E-state index in [9.17, 15) is 9.59 Å². The van der Waals surface area contributed by atoms with Gasteiger partial charge in [-0.25, -0.2) is 0 Å². The Morgan fingerprint density at radius 2 is 1.88 bits per heavy atom. The van der Waals surface area contributed by atoms with Gasteiger partial charge < -0.3 is 19.5 Å². The van der Waals surface area contributed by atoms with E-state index >= 15 is 0 Å². The number of carbonyl (C=O) groups excluding carboxylic acids is 2. The fourth-order valence-corrected chi connectivity index (χ4v) is 7.35. The lowest BCUT2D eigenvalue weighted by atomic mass is 9.69. The molecule has 2 bridgehead atoms. The predicted molar refractivity (Wildman–Crippen MR) is 164 cm³/mol. The zero-order chi connectivity index (χ0) is 29.5. The van der Waals surface area contributed by atoms with Crippen LogP contribution in [0.1, 0.15) is 97.8 Å². The molecule has 1 aromatic heterocycles. The number of carbonyl (C=O) groups is 2. The number of piperidine rings is 3. The van der Waals surface area contributed by atoms with Crippen molar-refractivity contribution in [1.82, 2.24) is 15.2 Å². The summed E-state index contributed by atoms with van der Waals surface area (Å²) >= 11 is 0. The van der Waals surface area contributed by atoms with Crippen LogP contribution in [-0.2, 0) is 37.4 Å². The molecule has 2 unspecified atom stereocenters. The highest BCUT2D eigenvalue weighted by molar-refractivity contribution is 5.93. The highest BCUT2D eigenvalue weighted by Crippen LogP contribution is 2.42. The van der Waals surface area contributed by atoms with Crippen LogP contribution >= 0.6 is 0 Å². The van der Waals surface area contributed by atoms with E-state index in [-0.39, 0.29) is 24.3 Å². The monoisotopic (exact) mass is 589 g/mol. The molecule has 1 aromatic carbocycles. The van der Waals surface area contributed by atoms with Crippen molar-refractivity contribution >= 4 is 11.9 Å². The minimum Gasteiger partial charge on any atom is -0.460 e. The van der Waals surface area contributed by atoms with E-state index < -0.39 is 5.41 Å². The maximum absolute atomic E-state index is 13.9. The summed E-state index contributed by atoms with van der Waals surface area (Å²) in [4.78, 5) is 33.4. The summed E-state index contributed by atoms with van der Waals surface area (Å²) in [5.74, 6) is 0.380. The van der Waals surface area contributed by atoms with Crippen LogP contribution in [0.5, 0.6) is 0 Å². The van der Waals surface area contributed by atoms with Gasteiger partial charge in [-0.1, -0.05) is 43.5 Å². The number of benzene rings is 1. The Morgan fingerprint density at radius 1 is 1.02 bits per heavy atom. The maximum atomic E-state index is 13.9. The van der Waals surface area contributed by atoms with Gasteiger partial charge in [0.1, 0.15) is 6.10 Å². The van der Waals surface area contributed by atoms with Gasteiger partial charge in [-0.3, -0.25) is 19.5 Å².